The topological polar surface area (TPSA) is 78.1 Å². The molecule has 6 nitrogen and oxygen atoms in total. The van der Waals surface area contributed by atoms with Crippen molar-refractivity contribution in [1.29, 1.82) is 0 Å². The Morgan fingerprint density at radius 1 is 0.862 bits per heavy atom. The van der Waals surface area contributed by atoms with Crippen molar-refractivity contribution < 1.29 is 9.66 Å². The van der Waals surface area contributed by atoms with Crippen LogP contribution in [-0.4, -0.2) is 22.0 Å². The maximum absolute atomic E-state index is 10.5. The van der Waals surface area contributed by atoms with E-state index in [9.17, 15) is 10.1 Å². The number of nitrogens with zero attached hydrogens (tertiary/aromatic N) is 3. The number of aromatic nitrogens is 2. The Morgan fingerprint density at radius 2 is 1.41 bits per heavy atom. The molecule has 4 aromatic rings. The monoisotopic (exact) mass is 429 g/mol. The Hall–Kier alpha value is -2.96. The fourth-order valence-corrected chi connectivity index (χ4v) is 2.99. The van der Waals surface area contributed by atoms with Gasteiger partial charge in [0, 0.05) is 22.9 Å². The highest BCUT2D eigenvalue weighted by Crippen LogP contribution is 2.21. The molecule has 148 valence electrons. The summed E-state index contributed by atoms with van der Waals surface area (Å²) in [5.41, 5.74) is 3.40. The Morgan fingerprint density at radius 3 is 1.93 bits per heavy atom. The average Bonchev–Trinajstić information content (AvgIpc) is 2.77. The van der Waals surface area contributed by atoms with E-state index < -0.39 is 4.92 Å². The van der Waals surface area contributed by atoms with Gasteiger partial charge in [-0.15, -0.1) is 23.2 Å². The smallest absolute Gasteiger partial charge is 0.270 e. The first-order chi connectivity index (χ1) is 14.0. The summed E-state index contributed by atoms with van der Waals surface area (Å²) in [5, 5.41) is 12.3. The zero-order chi connectivity index (χ0) is 20.8. The molecule has 0 aliphatic heterocycles. The molecule has 8 heteroatoms. The number of ether oxygens (including phenoxy) is 1. The number of non-ortho nitro benzene ring substituents is 1. The van der Waals surface area contributed by atoms with E-state index in [0.717, 1.165) is 38.9 Å². The molecule has 0 bridgehead atoms. The Labute approximate surface area is 177 Å². The molecule has 0 aliphatic carbocycles. The summed E-state index contributed by atoms with van der Waals surface area (Å²) in [6.07, 6.45) is 0. The van der Waals surface area contributed by atoms with Crippen molar-refractivity contribution in [3.05, 3.63) is 82.2 Å². The predicted molar refractivity (Wildman–Crippen MR) is 116 cm³/mol. The lowest BCUT2D eigenvalue weighted by Crippen LogP contribution is -1.90. The molecule has 0 atom stereocenters. The van der Waals surface area contributed by atoms with Crippen LogP contribution in [0.4, 0.5) is 5.69 Å². The molecule has 0 unspecified atom stereocenters. The van der Waals surface area contributed by atoms with E-state index in [1.807, 2.05) is 30.3 Å². The standard InChI is InChI=1S/C11H10ClNO.C10H7ClN2O2/c1-14-10-4-5-11-8(6-10)2-3-9(7-12)13-11;11-6-8-2-1-7-5-9(13(14)15)3-4-10(7)12-8/h2-6H,7H2,1H3;1-5H,6H2. The van der Waals surface area contributed by atoms with Crippen LogP contribution in [0, 0.1) is 10.1 Å². The second-order valence-corrected chi connectivity index (χ2v) is 6.60. The van der Waals surface area contributed by atoms with Crippen molar-refractivity contribution in [3.8, 4) is 5.75 Å². The number of benzene rings is 2. The molecule has 0 amide bonds. The van der Waals surface area contributed by atoms with Crippen molar-refractivity contribution >= 4 is 50.7 Å². The predicted octanol–water partition coefficient (Wildman–Crippen LogP) is 5.86. The third-order valence-corrected chi connectivity index (χ3v) is 4.72. The van der Waals surface area contributed by atoms with Crippen LogP contribution in [0.2, 0.25) is 0 Å². The summed E-state index contributed by atoms with van der Waals surface area (Å²) in [7, 11) is 1.65. The average molecular weight is 430 g/mol. The zero-order valence-corrected chi connectivity index (χ0v) is 17.0. The number of nitro groups is 1. The highest BCUT2D eigenvalue weighted by atomic mass is 35.5. The van der Waals surface area contributed by atoms with Crippen LogP contribution in [0.15, 0.2) is 60.7 Å². The molecular formula is C21H17Cl2N3O3. The number of hydrogen-bond acceptors (Lipinski definition) is 5. The van der Waals surface area contributed by atoms with Gasteiger partial charge in [-0.25, -0.2) is 0 Å². The van der Waals surface area contributed by atoms with Crippen LogP contribution >= 0.6 is 23.2 Å². The van der Waals surface area contributed by atoms with Crippen molar-refractivity contribution in [2.45, 2.75) is 11.8 Å². The summed E-state index contributed by atoms with van der Waals surface area (Å²) in [6.45, 7) is 0. The Balaban J connectivity index is 0.000000166. The summed E-state index contributed by atoms with van der Waals surface area (Å²) in [4.78, 5) is 18.7. The van der Waals surface area contributed by atoms with Crippen LogP contribution in [0.5, 0.6) is 5.75 Å². The molecule has 0 saturated carbocycles. The Bertz CT molecular complexity index is 1130. The highest BCUT2D eigenvalue weighted by molar-refractivity contribution is 6.17. The van der Waals surface area contributed by atoms with Gasteiger partial charge in [-0.2, -0.15) is 0 Å². The first-order valence-corrected chi connectivity index (χ1v) is 9.70. The third kappa shape index (κ3) is 5.10. The van der Waals surface area contributed by atoms with Crippen LogP contribution in [0.25, 0.3) is 21.8 Å². The summed E-state index contributed by atoms with van der Waals surface area (Å²) in [6, 6.07) is 17.8. The third-order valence-electron chi connectivity index (χ3n) is 4.17. The largest absolute Gasteiger partial charge is 0.497 e. The number of alkyl halides is 2. The number of nitro benzene ring substituents is 1. The van der Waals surface area contributed by atoms with Crippen LogP contribution in [0.3, 0.4) is 0 Å². The van der Waals surface area contributed by atoms with E-state index in [1.165, 1.54) is 12.1 Å². The van der Waals surface area contributed by atoms with Gasteiger partial charge in [-0.3, -0.25) is 20.1 Å². The number of halogens is 2. The van der Waals surface area contributed by atoms with Crippen LogP contribution < -0.4 is 4.74 Å². The quantitative estimate of drug-likeness (QED) is 0.230. The van der Waals surface area contributed by atoms with Crippen molar-refractivity contribution in [3.63, 3.8) is 0 Å². The molecular weight excluding hydrogens is 413 g/mol. The fraction of sp³-hybridized carbons (Fsp3) is 0.143. The van der Waals surface area contributed by atoms with Gasteiger partial charge in [0.2, 0.25) is 0 Å². The fourth-order valence-electron chi connectivity index (χ4n) is 2.69. The van der Waals surface area contributed by atoms with Gasteiger partial charge in [-0.05, 0) is 36.4 Å². The van der Waals surface area contributed by atoms with Crippen LogP contribution in [0.1, 0.15) is 11.4 Å². The number of pyridine rings is 2. The number of fused-ring (bicyclic) bond motifs is 2. The molecule has 0 spiro atoms. The van der Waals surface area contributed by atoms with Gasteiger partial charge in [0.25, 0.3) is 5.69 Å². The lowest BCUT2D eigenvalue weighted by Gasteiger charge is -2.02. The number of methoxy groups -OCH3 is 1. The van der Waals surface area contributed by atoms with E-state index in [-0.39, 0.29) is 5.69 Å². The van der Waals surface area contributed by atoms with Gasteiger partial charge < -0.3 is 4.74 Å². The summed E-state index contributed by atoms with van der Waals surface area (Å²) < 4.78 is 5.13. The van der Waals surface area contributed by atoms with E-state index in [0.29, 0.717) is 11.8 Å². The molecule has 2 aromatic heterocycles. The number of rotatable bonds is 4. The van der Waals surface area contributed by atoms with Gasteiger partial charge in [0.15, 0.2) is 0 Å². The minimum atomic E-state index is -0.422. The second kappa shape index (κ2) is 9.49. The van der Waals surface area contributed by atoms with Crippen molar-refractivity contribution in [2.75, 3.05) is 7.11 Å². The normalized spacial score (nSPS) is 10.4. The van der Waals surface area contributed by atoms with E-state index in [1.54, 1.807) is 25.3 Å². The summed E-state index contributed by atoms with van der Waals surface area (Å²) >= 11 is 11.3. The molecule has 0 aliphatic rings. The van der Waals surface area contributed by atoms with E-state index in [4.69, 9.17) is 27.9 Å². The van der Waals surface area contributed by atoms with Gasteiger partial charge in [0.05, 0.1) is 46.2 Å². The lowest BCUT2D eigenvalue weighted by molar-refractivity contribution is -0.384. The molecule has 0 radical (unpaired) electrons. The number of hydrogen-bond donors (Lipinski definition) is 0. The molecule has 29 heavy (non-hydrogen) atoms. The molecule has 0 fully saturated rings. The molecule has 0 N–H and O–H groups in total. The van der Waals surface area contributed by atoms with Gasteiger partial charge in [0.1, 0.15) is 5.75 Å². The SMILES string of the molecule is COc1ccc2nc(CCl)ccc2c1.O=[N+]([O-])c1ccc2nc(CCl)ccc2c1. The molecule has 4 rings (SSSR count). The Kier molecular flexibility index (Phi) is 6.80. The molecule has 0 saturated heterocycles. The first-order valence-electron chi connectivity index (χ1n) is 8.63. The van der Waals surface area contributed by atoms with Crippen LogP contribution in [-0.2, 0) is 11.8 Å². The molecule has 2 heterocycles. The maximum atomic E-state index is 10.5. The summed E-state index contributed by atoms with van der Waals surface area (Å²) in [5.74, 6) is 1.63. The maximum Gasteiger partial charge on any atom is 0.270 e. The zero-order valence-electron chi connectivity index (χ0n) is 15.5. The van der Waals surface area contributed by atoms with E-state index in [2.05, 4.69) is 9.97 Å². The van der Waals surface area contributed by atoms with E-state index >= 15 is 0 Å². The minimum absolute atomic E-state index is 0.0722. The highest BCUT2D eigenvalue weighted by Gasteiger charge is 2.06. The van der Waals surface area contributed by atoms with Gasteiger partial charge in [-0.1, -0.05) is 12.1 Å². The molecule has 2 aromatic carbocycles. The van der Waals surface area contributed by atoms with Gasteiger partial charge >= 0.3 is 0 Å². The van der Waals surface area contributed by atoms with Crippen molar-refractivity contribution in [2.24, 2.45) is 0 Å². The lowest BCUT2D eigenvalue weighted by atomic mass is 10.2. The van der Waals surface area contributed by atoms with Crippen molar-refractivity contribution in [1.82, 2.24) is 9.97 Å². The second-order valence-electron chi connectivity index (χ2n) is 6.07. The minimum Gasteiger partial charge on any atom is -0.497 e. The first kappa shape index (κ1) is 20.8.